The molecule has 1 amide bonds. The Hall–Kier alpha value is -1.81. The van der Waals surface area contributed by atoms with Gasteiger partial charge in [0.15, 0.2) is 0 Å². The van der Waals surface area contributed by atoms with Crippen molar-refractivity contribution in [2.75, 3.05) is 6.54 Å². The lowest BCUT2D eigenvalue weighted by Gasteiger charge is -2.22. The molecule has 1 aromatic carbocycles. The maximum Gasteiger partial charge on any atom is 0.253 e. The summed E-state index contributed by atoms with van der Waals surface area (Å²) in [4.78, 5) is 15.3. The second-order valence-corrected chi connectivity index (χ2v) is 5.36. The highest BCUT2D eigenvalue weighted by Crippen LogP contribution is 2.28. The minimum Gasteiger partial charge on any atom is -0.388 e. The van der Waals surface area contributed by atoms with Crippen molar-refractivity contribution >= 4 is 16.8 Å². The van der Waals surface area contributed by atoms with Crippen LogP contribution in [0.15, 0.2) is 30.5 Å². The molecule has 0 aliphatic heterocycles. The molecule has 3 N–H and O–H groups in total. The number of aliphatic hydroxyl groups is 1. The minimum absolute atomic E-state index is 0.127. The monoisotopic (exact) mass is 258 g/mol. The van der Waals surface area contributed by atoms with E-state index in [1.165, 1.54) is 0 Å². The molecule has 0 saturated heterocycles. The summed E-state index contributed by atoms with van der Waals surface area (Å²) in [6.45, 7) is 0.339. The molecule has 0 radical (unpaired) electrons. The number of fused-ring (bicyclic) bond motifs is 1. The molecule has 1 aliphatic carbocycles. The van der Waals surface area contributed by atoms with E-state index in [1.807, 2.05) is 24.3 Å². The Bertz CT molecular complexity index is 597. The number of hydrogen-bond donors (Lipinski definition) is 3. The average molecular weight is 258 g/mol. The van der Waals surface area contributed by atoms with Crippen molar-refractivity contribution in [1.29, 1.82) is 0 Å². The van der Waals surface area contributed by atoms with Crippen molar-refractivity contribution in [3.63, 3.8) is 0 Å². The number of para-hydroxylation sites is 1. The van der Waals surface area contributed by atoms with Gasteiger partial charge in [-0.05, 0) is 18.9 Å². The van der Waals surface area contributed by atoms with Gasteiger partial charge in [-0.1, -0.05) is 31.0 Å². The Morgan fingerprint density at radius 3 is 2.84 bits per heavy atom. The van der Waals surface area contributed by atoms with E-state index in [9.17, 15) is 9.90 Å². The summed E-state index contributed by atoms with van der Waals surface area (Å²) in [5.74, 6) is -0.127. The van der Waals surface area contributed by atoms with Gasteiger partial charge in [0.1, 0.15) is 0 Å². The van der Waals surface area contributed by atoms with E-state index in [0.29, 0.717) is 12.1 Å². The fourth-order valence-electron chi connectivity index (χ4n) is 2.81. The van der Waals surface area contributed by atoms with Gasteiger partial charge in [-0.15, -0.1) is 0 Å². The molecule has 100 valence electrons. The lowest BCUT2D eigenvalue weighted by Crippen LogP contribution is -2.40. The van der Waals surface area contributed by atoms with E-state index in [0.717, 1.165) is 36.6 Å². The van der Waals surface area contributed by atoms with E-state index < -0.39 is 5.60 Å². The van der Waals surface area contributed by atoms with Crippen LogP contribution in [0.25, 0.3) is 10.9 Å². The standard InChI is InChI=1S/C15H18N2O2/c18-14(17-10-15(19)7-3-4-8-15)12-9-16-13-6-2-1-5-11(12)13/h1-2,5-6,9,16,19H,3-4,7-8,10H2,(H,17,18). The van der Waals surface area contributed by atoms with Gasteiger partial charge in [0.2, 0.25) is 0 Å². The van der Waals surface area contributed by atoms with Gasteiger partial charge in [-0.3, -0.25) is 4.79 Å². The number of amides is 1. The summed E-state index contributed by atoms with van der Waals surface area (Å²) in [6.07, 6.45) is 5.36. The first-order chi connectivity index (χ1) is 9.18. The van der Waals surface area contributed by atoms with Gasteiger partial charge in [-0.25, -0.2) is 0 Å². The molecule has 2 aromatic rings. The molecule has 1 saturated carbocycles. The Labute approximate surface area is 111 Å². The number of aromatic amines is 1. The maximum atomic E-state index is 12.2. The van der Waals surface area contributed by atoms with Crippen LogP contribution >= 0.6 is 0 Å². The predicted octanol–water partition coefficient (Wildman–Crippen LogP) is 2.20. The predicted molar refractivity (Wildman–Crippen MR) is 74.0 cm³/mol. The maximum absolute atomic E-state index is 12.2. The highest BCUT2D eigenvalue weighted by Gasteiger charge is 2.31. The van der Waals surface area contributed by atoms with E-state index in [2.05, 4.69) is 10.3 Å². The van der Waals surface area contributed by atoms with Gasteiger partial charge in [0.05, 0.1) is 11.2 Å². The second-order valence-electron chi connectivity index (χ2n) is 5.36. The SMILES string of the molecule is O=C(NCC1(O)CCCC1)c1c[nH]c2ccccc12. The zero-order valence-corrected chi connectivity index (χ0v) is 10.8. The molecule has 1 fully saturated rings. The third-order valence-electron chi connectivity index (χ3n) is 3.95. The topological polar surface area (TPSA) is 65.1 Å². The molecule has 1 heterocycles. The van der Waals surface area contributed by atoms with Crippen molar-refractivity contribution in [3.8, 4) is 0 Å². The zero-order chi connectivity index (χ0) is 13.3. The van der Waals surface area contributed by atoms with E-state index in [1.54, 1.807) is 6.20 Å². The van der Waals surface area contributed by atoms with Crippen molar-refractivity contribution in [2.24, 2.45) is 0 Å². The number of nitrogens with one attached hydrogen (secondary N) is 2. The van der Waals surface area contributed by atoms with Crippen molar-refractivity contribution in [1.82, 2.24) is 10.3 Å². The molecule has 0 bridgehead atoms. The number of hydrogen-bond acceptors (Lipinski definition) is 2. The van der Waals surface area contributed by atoms with Gasteiger partial charge in [-0.2, -0.15) is 0 Å². The van der Waals surface area contributed by atoms with Crippen molar-refractivity contribution in [3.05, 3.63) is 36.0 Å². The molecule has 19 heavy (non-hydrogen) atoms. The van der Waals surface area contributed by atoms with Crippen LogP contribution in [0, 0.1) is 0 Å². The Morgan fingerprint density at radius 2 is 2.05 bits per heavy atom. The summed E-state index contributed by atoms with van der Waals surface area (Å²) in [5, 5.41) is 14.0. The largest absolute Gasteiger partial charge is 0.388 e. The molecule has 1 aliphatic rings. The van der Waals surface area contributed by atoms with Crippen molar-refractivity contribution in [2.45, 2.75) is 31.3 Å². The molecule has 4 nitrogen and oxygen atoms in total. The van der Waals surface area contributed by atoms with Crippen molar-refractivity contribution < 1.29 is 9.90 Å². The van der Waals surface area contributed by atoms with Crippen LogP contribution in [0.3, 0.4) is 0 Å². The van der Waals surface area contributed by atoms with Gasteiger partial charge >= 0.3 is 0 Å². The fraction of sp³-hybridized carbons (Fsp3) is 0.400. The molecule has 4 heteroatoms. The number of benzene rings is 1. The molecule has 3 rings (SSSR count). The highest BCUT2D eigenvalue weighted by molar-refractivity contribution is 6.06. The summed E-state index contributed by atoms with van der Waals surface area (Å²) in [5.41, 5.74) is 0.881. The Kier molecular flexibility index (Phi) is 3.03. The molecule has 0 spiro atoms. The Morgan fingerprint density at radius 1 is 1.32 bits per heavy atom. The summed E-state index contributed by atoms with van der Waals surface area (Å²) in [6, 6.07) is 7.71. The molecule has 0 atom stereocenters. The second kappa shape index (κ2) is 4.70. The number of carbonyl (C=O) groups is 1. The summed E-state index contributed by atoms with van der Waals surface area (Å²) >= 11 is 0. The van der Waals surface area contributed by atoms with Crippen LogP contribution in [-0.4, -0.2) is 28.1 Å². The molecule has 0 unspecified atom stereocenters. The average Bonchev–Trinajstić information content (AvgIpc) is 3.03. The smallest absolute Gasteiger partial charge is 0.253 e. The highest BCUT2D eigenvalue weighted by atomic mass is 16.3. The van der Waals surface area contributed by atoms with Gasteiger partial charge in [0.25, 0.3) is 5.91 Å². The molecule has 1 aromatic heterocycles. The quantitative estimate of drug-likeness (QED) is 0.790. The number of aromatic nitrogens is 1. The van der Waals surface area contributed by atoms with Crippen LogP contribution < -0.4 is 5.32 Å². The number of carbonyl (C=O) groups excluding carboxylic acids is 1. The molecular weight excluding hydrogens is 240 g/mol. The van der Waals surface area contributed by atoms with E-state index in [-0.39, 0.29) is 5.91 Å². The lowest BCUT2D eigenvalue weighted by molar-refractivity contribution is 0.0450. The first-order valence-corrected chi connectivity index (χ1v) is 6.75. The van der Waals surface area contributed by atoms with E-state index >= 15 is 0 Å². The first-order valence-electron chi connectivity index (χ1n) is 6.75. The lowest BCUT2D eigenvalue weighted by atomic mass is 10.0. The molecular formula is C15H18N2O2. The fourth-order valence-corrected chi connectivity index (χ4v) is 2.81. The third-order valence-corrected chi connectivity index (χ3v) is 3.95. The zero-order valence-electron chi connectivity index (χ0n) is 10.8. The third kappa shape index (κ3) is 2.36. The first kappa shape index (κ1) is 12.2. The van der Waals surface area contributed by atoms with Crippen LogP contribution in [0.1, 0.15) is 36.0 Å². The van der Waals surface area contributed by atoms with Crippen LogP contribution in [0.4, 0.5) is 0 Å². The number of H-pyrrole nitrogens is 1. The Balaban J connectivity index is 1.73. The minimum atomic E-state index is -0.707. The summed E-state index contributed by atoms with van der Waals surface area (Å²) < 4.78 is 0. The van der Waals surface area contributed by atoms with Crippen LogP contribution in [0.2, 0.25) is 0 Å². The van der Waals surface area contributed by atoms with E-state index in [4.69, 9.17) is 0 Å². The normalized spacial score (nSPS) is 17.7. The number of rotatable bonds is 3. The van der Waals surface area contributed by atoms with Crippen LogP contribution in [0.5, 0.6) is 0 Å². The van der Waals surface area contributed by atoms with Gasteiger partial charge in [0, 0.05) is 23.6 Å². The van der Waals surface area contributed by atoms with Gasteiger partial charge < -0.3 is 15.4 Å². The van der Waals surface area contributed by atoms with Crippen LogP contribution in [-0.2, 0) is 0 Å². The summed E-state index contributed by atoms with van der Waals surface area (Å²) in [7, 11) is 0.